The third-order valence-corrected chi connectivity index (χ3v) is 1.36. The number of allylic oxidation sites excluding steroid dienone is 2. The minimum atomic E-state index is 0.374. The van der Waals surface area contributed by atoms with Gasteiger partial charge in [0.15, 0.2) is 0 Å². The molecular formula is C10H18O2. The van der Waals surface area contributed by atoms with Crippen LogP contribution in [0.5, 0.6) is 0 Å². The number of hydrogen-bond donors (Lipinski definition) is 0. The Balaban J connectivity index is 0.000000561. The van der Waals surface area contributed by atoms with Crippen molar-refractivity contribution in [1.29, 1.82) is 0 Å². The Morgan fingerprint density at radius 1 is 1.17 bits per heavy atom. The van der Waals surface area contributed by atoms with Crippen LogP contribution in [-0.4, -0.2) is 0 Å². The zero-order valence-electron chi connectivity index (χ0n) is 8.60. The van der Waals surface area contributed by atoms with Crippen molar-refractivity contribution in [2.45, 2.75) is 34.6 Å². The first-order chi connectivity index (χ1) is 5.61. The molecule has 0 amide bonds. The van der Waals surface area contributed by atoms with Crippen LogP contribution in [0.4, 0.5) is 0 Å². The highest BCUT2D eigenvalue weighted by molar-refractivity contribution is 5.10. The minimum Gasteiger partial charge on any atom is -0.428 e. The average molecular weight is 170 g/mol. The van der Waals surface area contributed by atoms with Gasteiger partial charge in [0.1, 0.15) is 11.5 Å². The third kappa shape index (κ3) is 2.61. The van der Waals surface area contributed by atoms with E-state index in [4.69, 9.17) is 9.47 Å². The lowest BCUT2D eigenvalue weighted by Crippen LogP contribution is -1.94. The molecule has 0 saturated heterocycles. The first kappa shape index (κ1) is 11.1. The highest BCUT2D eigenvalue weighted by Crippen LogP contribution is 2.28. The Labute approximate surface area is 74.9 Å². The summed E-state index contributed by atoms with van der Waals surface area (Å²) in [6, 6.07) is 0. The van der Waals surface area contributed by atoms with Crippen LogP contribution in [0.1, 0.15) is 34.6 Å². The van der Waals surface area contributed by atoms with Crippen LogP contribution in [-0.2, 0) is 9.47 Å². The fourth-order valence-corrected chi connectivity index (χ4v) is 0.961. The van der Waals surface area contributed by atoms with E-state index in [1.54, 1.807) is 0 Å². The van der Waals surface area contributed by atoms with Gasteiger partial charge in [-0.05, 0) is 13.5 Å². The standard InChI is InChI=1S/C8H12O2.C2H6/c1-5(2)8-6(3)9-7(4)10-8;1-2/h5H,4H2,1-3H3;1-2H3. The van der Waals surface area contributed by atoms with Crippen molar-refractivity contribution in [3.05, 3.63) is 24.0 Å². The van der Waals surface area contributed by atoms with Crippen LogP contribution in [0, 0.1) is 5.92 Å². The fraction of sp³-hybridized carbons (Fsp3) is 0.600. The van der Waals surface area contributed by atoms with Crippen LogP contribution in [0.25, 0.3) is 0 Å². The molecule has 0 aliphatic carbocycles. The molecule has 2 nitrogen and oxygen atoms in total. The molecule has 0 aromatic carbocycles. The molecule has 70 valence electrons. The van der Waals surface area contributed by atoms with E-state index in [-0.39, 0.29) is 0 Å². The van der Waals surface area contributed by atoms with Gasteiger partial charge in [0.2, 0.25) is 0 Å². The van der Waals surface area contributed by atoms with E-state index in [1.165, 1.54) is 0 Å². The number of rotatable bonds is 1. The lowest BCUT2D eigenvalue weighted by molar-refractivity contribution is 0.171. The summed E-state index contributed by atoms with van der Waals surface area (Å²) in [6.07, 6.45) is 0. The van der Waals surface area contributed by atoms with E-state index in [0.29, 0.717) is 11.9 Å². The summed E-state index contributed by atoms with van der Waals surface area (Å²) in [5.41, 5.74) is 0. The summed E-state index contributed by atoms with van der Waals surface area (Å²) >= 11 is 0. The number of ether oxygens (including phenoxy) is 2. The maximum Gasteiger partial charge on any atom is 0.282 e. The van der Waals surface area contributed by atoms with Crippen molar-refractivity contribution < 1.29 is 9.47 Å². The molecular weight excluding hydrogens is 152 g/mol. The molecule has 12 heavy (non-hydrogen) atoms. The van der Waals surface area contributed by atoms with Crippen LogP contribution < -0.4 is 0 Å². The Hall–Kier alpha value is -0.920. The molecule has 0 saturated carbocycles. The van der Waals surface area contributed by atoms with Gasteiger partial charge in [-0.15, -0.1) is 0 Å². The van der Waals surface area contributed by atoms with Crippen molar-refractivity contribution in [2.75, 3.05) is 0 Å². The minimum absolute atomic E-state index is 0.374. The highest BCUT2D eigenvalue weighted by Gasteiger charge is 2.19. The monoisotopic (exact) mass is 170 g/mol. The molecule has 0 bridgehead atoms. The molecule has 2 heteroatoms. The summed E-state index contributed by atoms with van der Waals surface area (Å²) in [4.78, 5) is 0. The summed E-state index contributed by atoms with van der Waals surface area (Å²) in [5.74, 6) is 2.49. The van der Waals surface area contributed by atoms with Gasteiger partial charge < -0.3 is 9.47 Å². The second-order valence-electron chi connectivity index (χ2n) is 2.65. The summed E-state index contributed by atoms with van der Waals surface area (Å²) in [6.45, 7) is 13.5. The Kier molecular flexibility index (Phi) is 4.49. The van der Waals surface area contributed by atoms with Crippen molar-refractivity contribution in [3.8, 4) is 0 Å². The molecule has 1 aliphatic heterocycles. The zero-order chi connectivity index (χ0) is 9.72. The predicted octanol–water partition coefficient (Wildman–Crippen LogP) is 3.42. The van der Waals surface area contributed by atoms with E-state index < -0.39 is 0 Å². The smallest absolute Gasteiger partial charge is 0.282 e. The van der Waals surface area contributed by atoms with Gasteiger partial charge in [0.25, 0.3) is 5.95 Å². The maximum absolute atomic E-state index is 5.20. The average Bonchev–Trinajstić information content (AvgIpc) is 2.34. The molecule has 0 atom stereocenters. The Bertz CT molecular complexity index is 190. The van der Waals surface area contributed by atoms with Gasteiger partial charge in [-0.2, -0.15) is 0 Å². The van der Waals surface area contributed by atoms with Gasteiger partial charge in [-0.1, -0.05) is 27.7 Å². The van der Waals surface area contributed by atoms with Gasteiger partial charge in [0.05, 0.1) is 0 Å². The van der Waals surface area contributed by atoms with Gasteiger partial charge in [-0.3, -0.25) is 0 Å². The van der Waals surface area contributed by atoms with Gasteiger partial charge in [-0.25, -0.2) is 0 Å². The molecule has 0 aromatic heterocycles. The molecule has 0 radical (unpaired) electrons. The molecule has 1 aliphatic rings. The molecule has 0 fully saturated rings. The van der Waals surface area contributed by atoms with Crippen molar-refractivity contribution in [1.82, 2.24) is 0 Å². The van der Waals surface area contributed by atoms with Crippen LogP contribution in [0.2, 0.25) is 0 Å². The zero-order valence-corrected chi connectivity index (χ0v) is 8.60. The first-order valence-corrected chi connectivity index (χ1v) is 4.36. The van der Waals surface area contributed by atoms with Crippen LogP contribution in [0.15, 0.2) is 24.0 Å². The van der Waals surface area contributed by atoms with E-state index in [9.17, 15) is 0 Å². The lowest BCUT2D eigenvalue weighted by Gasteiger charge is -2.02. The Morgan fingerprint density at radius 2 is 1.67 bits per heavy atom. The number of hydrogen-bond acceptors (Lipinski definition) is 2. The normalized spacial score (nSPS) is 15.3. The summed E-state index contributed by atoms with van der Waals surface area (Å²) in [7, 11) is 0. The van der Waals surface area contributed by atoms with Crippen molar-refractivity contribution >= 4 is 0 Å². The Morgan fingerprint density at radius 3 is 1.83 bits per heavy atom. The topological polar surface area (TPSA) is 18.5 Å². The second kappa shape index (κ2) is 4.86. The van der Waals surface area contributed by atoms with E-state index in [0.717, 1.165) is 11.5 Å². The molecule has 0 spiro atoms. The molecule has 0 N–H and O–H groups in total. The quantitative estimate of drug-likeness (QED) is 0.600. The SMILES string of the molecule is C=C1OC(C)=C(C(C)C)O1.CC. The largest absolute Gasteiger partial charge is 0.428 e. The highest BCUT2D eigenvalue weighted by atomic mass is 16.7. The van der Waals surface area contributed by atoms with Gasteiger partial charge >= 0.3 is 0 Å². The molecule has 0 aromatic rings. The first-order valence-electron chi connectivity index (χ1n) is 4.36. The van der Waals surface area contributed by atoms with Crippen LogP contribution in [0.3, 0.4) is 0 Å². The van der Waals surface area contributed by atoms with Gasteiger partial charge in [0, 0.05) is 5.92 Å². The molecule has 0 unspecified atom stereocenters. The van der Waals surface area contributed by atoms with E-state index >= 15 is 0 Å². The third-order valence-electron chi connectivity index (χ3n) is 1.36. The van der Waals surface area contributed by atoms with Crippen molar-refractivity contribution in [3.63, 3.8) is 0 Å². The van der Waals surface area contributed by atoms with Crippen molar-refractivity contribution in [2.24, 2.45) is 5.92 Å². The lowest BCUT2D eigenvalue weighted by atomic mass is 10.1. The molecule has 1 rings (SSSR count). The van der Waals surface area contributed by atoms with E-state index in [1.807, 2.05) is 20.8 Å². The molecule has 1 heterocycles. The predicted molar refractivity (Wildman–Crippen MR) is 50.2 cm³/mol. The second-order valence-corrected chi connectivity index (χ2v) is 2.65. The van der Waals surface area contributed by atoms with Crippen LogP contribution >= 0.6 is 0 Å². The summed E-state index contributed by atoms with van der Waals surface area (Å²) in [5, 5.41) is 0. The maximum atomic E-state index is 5.20. The summed E-state index contributed by atoms with van der Waals surface area (Å²) < 4.78 is 10.3. The van der Waals surface area contributed by atoms with E-state index in [2.05, 4.69) is 20.4 Å². The fourth-order valence-electron chi connectivity index (χ4n) is 0.961.